The molecule has 0 unspecified atom stereocenters. The van der Waals surface area contributed by atoms with Gasteiger partial charge in [-0.15, -0.1) is 0 Å². The molecule has 0 atom stereocenters. The van der Waals surface area contributed by atoms with E-state index in [1.807, 2.05) is 48.5 Å². The highest BCUT2D eigenvalue weighted by Gasteiger charge is 2.16. The summed E-state index contributed by atoms with van der Waals surface area (Å²) < 4.78 is 12.4. The van der Waals surface area contributed by atoms with Gasteiger partial charge >= 0.3 is 0 Å². The molecule has 5 nitrogen and oxygen atoms in total. The van der Waals surface area contributed by atoms with Crippen molar-refractivity contribution in [3.63, 3.8) is 0 Å². The van der Waals surface area contributed by atoms with Crippen molar-refractivity contribution in [3.8, 4) is 67.5 Å². The number of nitrogens with zero attached hydrogens (tertiary/aromatic N) is 3. The van der Waals surface area contributed by atoms with Gasteiger partial charge in [-0.3, -0.25) is 0 Å². The van der Waals surface area contributed by atoms with E-state index in [9.17, 15) is 0 Å². The molecule has 0 N–H and O–H groups in total. The van der Waals surface area contributed by atoms with Crippen molar-refractivity contribution < 1.29 is 8.83 Å². The molecule has 3 heterocycles. The molecule has 0 amide bonds. The van der Waals surface area contributed by atoms with Gasteiger partial charge in [0.05, 0.1) is 0 Å². The zero-order valence-corrected chi connectivity index (χ0v) is 30.1. The van der Waals surface area contributed by atoms with Gasteiger partial charge < -0.3 is 8.83 Å². The van der Waals surface area contributed by atoms with Gasteiger partial charge in [0.15, 0.2) is 17.5 Å². The van der Waals surface area contributed by atoms with Crippen LogP contribution in [0.15, 0.2) is 197 Å². The second-order valence-electron chi connectivity index (χ2n) is 14.0. The fourth-order valence-corrected chi connectivity index (χ4v) is 7.67. The van der Waals surface area contributed by atoms with Gasteiger partial charge in [0.25, 0.3) is 0 Å². The molecule has 11 rings (SSSR count). The molecule has 0 aliphatic carbocycles. The Morgan fingerprint density at radius 2 is 0.589 bits per heavy atom. The summed E-state index contributed by atoms with van der Waals surface area (Å²) in [4.78, 5) is 15.1. The van der Waals surface area contributed by atoms with Crippen LogP contribution in [-0.4, -0.2) is 15.0 Å². The zero-order valence-electron chi connectivity index (χ0n) is 30.1. The van der Waals surface area contributed by atoms with E-state index in [-0.39, 0.29) is 0 Å². The third-order valence-corrected chi connectivity index (χ3v) is 10.6. The molecule has 0 saturated heterocycles. The molecule has 0 aliphatic heterocycles. The van der Waals surface area contributed by atoms with Crippen molar-refractivity contribution in [2.24, 2.45) is 0 Å². The van der Waals surface area contributed by atoms with E-state index >= 15 is 0 Å². The minimum atomic E-state index is 0.581. The average molecular weight is 718 g/mol. The normalized spacial score (nSPS) is 11.6. The fraction of sp³-hybridized carbons (Fsp3) is 0. The number of aromatic nitrogens is 3. The molecule has 0 saturated carbocycles. The molecule has 0 spiro atoms. The second-order valence-corrected chi connectivity index (χ2v) is 14.0. The van der Waals surface area contributed by atoms with Crippen LogP contribution < -0.4 is 0 Å². The molecule has 0 bridgehead atoms. The number of fused-ring (bicyclic) bond motifs is 6. The van der Waals surface area contributed by atoms with Crippen LogP contribution in [0.25, 0.3) is 111 Å². The van der Waals surface area contributed by atoms with E-state index in [2.05, 4.69) is 140 Å². The first-order valence-electron chi connectivity index (χ1n) is 18.7. The first-order chi connectivity index (χ1) is 27.7. The van der Waals surface area contributed by atoms with Crippen molar-refractivity contribution in [2.45, 2.75) is 0 Å². The van der Waals surface area contributed by atoms with Crippen LogP contribution >= 0.6 is 0 Å². The zero-order chi connectivity index (χ0) is 37.0. The Hall–Kier alpha value is -7.63. The lowest BCUT2D eigenvalue weighted by atomic mass is 9.97. The number of benzene rings is 8. The highest BCUT2D eigenvalue weighted by Crippen LogP contribution is 2.36. The maximum atomic E-state index is 6.25. The van der Waals surface area contributed by atoms with Crippen LogP contribution in [0.4, 0.5) is 0 Å². The quantitative estimate of drug-likeness (QED) is 0.171. The Morgan fingerprint density at radius 3 is 1.18 bits per heavy atom. The molecule has 0 fully saturated rings. The van der Waals surface area contributed by atoms with E-state index in [1.54, 1.807) is 0 Å². The lowest BCUT2D eigenvalue weighted by Crippen LogP contribution is -2.00. The summed E-state index contributed by atoms with van der Waals surface area (Å²) in [7, 11) is 0. The summed E-state index contributed by atoms with van der Waals surface area (Å²) in [5, 5.41) is 4.40. The van der Waals surface area contributed by atoms with Crippen molar-refractivity contribution >= 4 is 43.9 Å². The van der Waals surface area contributed by atoms with Crippen LogP contribution in [0.2, 0.25) is 0 Å². The third-order valence-electron chi connectivity index (χ3n) is 10.6. The van der Waals surface area contributed by atoms with Gasteiger partial charge in [0, 0.05) is 38.2 Å². The molecule has 56 heavy (non-hydrogen) atoms. The molecule has 0 radical (unpaired) electrons. The first-order valence-corrected chi connectivity index (χ1v) is 18.7. The van der Waals surface area contributed by atoms with E-state index in [0.29, 0.717) is 17.5 Å². The summed E-state index contributed by atoms with van der Waals surface area (Å²) >= 11 is 0. The van der Waals surface area contributed by atoms with Gasteiger partial charge in [0.1, 0.15) is 22.3 Å². The number of furan rings is 2. The van der Waals surface area contributed by atoms with E-state index < -0.39 is 0 Å². The Labute approximate surface area is 322 Å². The van der Waals surface area contributed by atoms with E-state index in [1.165, 1.54) is 0 Å². The SMILES string of the molecule is c1ccc(-c2ccc(-c3nc(-c4ccc(-c5cccc(-c6ccc7c(c6)oc6ccccc67)c5)cc4)nc(-c4ccc5c(c4)oc4ccccc45)n3)cc2)cc1. The summed E-state index contributed by atoms with van der Waals surface area (Å²) in [6.07, 6.45) is 0. The minimum Gasteiger partial charge on any atom is -0.456 e. The van der Waals surface area contributed by atoms with E-state index in [0.717, 1.165) is 93.9 Å². The lowest BCUT2D eigenvalue weighted by Gasteiger charge is -2.10. The van der Waals surface area contributed by atoms with Crippen molar-refractivity contribution in [3.05, 3.63) is 188 Å². The third kappa shape index (κ3) is 5.62. The van der Waals surface area contributed by atoms with Crippen LogP contribution in [0, 0.1) is 0 Å². The topological polar surface area (TPSA) is 65.0 Å². The second kappa shape index (κ2) is 13.0. The van der Waals surface area contributed by atoms with Crippen molar-refractivity contribution in [2.75, 3.05) is 0 Å². The van der Waals surface area contributed by atoms with Gasteiger partial charge in [-0.1, -0.05) is 146 Å². The monoisotopic (exact) mass is 717 g/mol. The Kier molecular flexibility index (Phi) is 7.42. The highest BCUT2D eigenvalue weighted by molar-refractivity contribution is 6.06. The number of para-hydroxylation sites is 2. The van der Waals surface area contributed by atoms with Crippen LogP contribution in [-0.2, 0) is 0 Å². The Morgan fingerprint density at radius 1 is 0.232 bits per heavy atom. The standard InChI is InChI=1S/C51H31N3O2/c1-2-9-32(10-3-1)33-17-21-35(22-18-33)49-52-50(54-51(53-49)40-26-28-44-42-14-5-7-16-46(42)56-48(44)31-40)36-23-19-34(20-24-36)37-11-8-12-38(29-37)39-25-27-43-41-13-4-6-15-45(41)55-47(43)30-39/h1-31H. The molecular formula is C51H31N3O2. The highest BCUT2D eigenvalue weighted by atomic mass is 16.3. The minimum absolute atomic E-state index is 0.581. The smallest absolute Gasteiger partial charge is 0.164 e. The van der Waals surface area contributed by atoms with Crippen LogP contribution in [0.1, 0.15) is 0 Å². The predicted octanol–water partition coefficient (Wildman–Crippen LogP) is 13.7. The number of hydrogen-bond donors (Lipinski definition) is 0. The van der Waals surface area contributed by atoms with Crippen LogP contribution in [0.5, 0.6) is 0 Å². The molecule has 8 aromatic carbocycles. The Balaban J connectivity index is 0.962. The van der Waals surface area contributed by atoms with Gasteiger partial charge in [0.2, 0.25) is 0 Å². The molecule has 3 aromatic heterocycles. The Bertz CT molecular complexity index is 3230. The lowest BCUT2D eigenvalue weighted by molar-refractivity contribution is 0.668. The predicted molar refractivity (Wildman–Crippen MR) is 227 cm³/mol. The fourth-order valence-electron chi connectivity index (χ4n) is 7.67. The van der Waals surface area contributed by atoms with Crippen LogP contribution in [0.3, 0.4) is 0 Å². The number of hydrogen-bond acceptors (Lipinski definition) is 5. The average Bonchev–Trinajstić information content (AvgIpc) is 3.84. The van der Waals surface area contributed by atoms with Gasteiger partial charge in [-0.25, -0.2) is 15.0 Å². The maximum Gasteiger partial charge on any atom is 0.164 e. The summed E-state index contributed by atoms with van der Waals surface area (Å²) in [5.41, 5.74) is 12.9. The molecule has 11 aromatic rings. The number of rotatable bonds is 6. The van der Waals surface area contributed by atoms with E-state index in [4.69, 9.17) is 23.8 Å². The molecular weight excluding hydrogens is 687 g/mol. The van der Waals surface area contributed by atoms with Crippen molar-refractivity contribution in [1.29, 1.82) is 0 Å². The molecule has 0 aliphatic rings. The summed E-state index contributed by atoms with van der Waals surface area (Å²) in [6, 6.07) is 64.7. The summed E-state index contributed by atoms with van der Waals surface area (Å²) in [5.74, 6) is 1.78. The molecule has 262 valence electrons. The molecule has 5 heteroatoms. The largest absolute Gasteiger partial charge is 0.456 e. The van der Waals surface area contributed by atoms with Gasteiger partial charge in [-0.05, 0) is 75.8 Å². The van der Waals surface area contributed by atoms with Gasteiger partial charge in [-0.2, -0.15) is 0 Å². The maximum absolute atomic E-state index is 6.25. The summed E-state index contributed by atoms with van der Waals surface area (Å²) in [6.45, 7) is 0. The van der Waals surface area contributed by atoms with Crippen molar-refractivity contribution in [1.82, 2.24) is 15.0 Å². The first kappa shape index (κ1) is 31.9.